The van der Waals surface area contributed by atoms with Gasteiger partial charge >= 0.3 is 0 Å². The molecular weight excluding hydrogens is 383 g/mol. The van der Waals surface area contributed by atoms with E-state index in [-0.39, 0.29) is 5.91 Å². The lowest BCUT2D eigenvalue weighted by molar-refractivity contribution is -0.114. The molecule has 0 atom stereocenters. The number of rotatable bonds is 6. The quantitative estimate of drug-likeness (QED) is 0.506. The van der Waals surface area contributed by atoms with Crippen LogP contribution < -0.4 is 15.4 Å². The maximum Gasteiger partial charge on any atom is 0.221 e. The third-order valence-electron chi connectivity index (χ3n) is 3.78. The number of hydrogen-bond donors (Lipinski definition) is 2. The number of nitrogens with one attached hydrogen (secondary N) is 2. The summed E-state index contributed by atoms with van der Waals surface area (Å²) >= 11 is 12.0. The van der Waals surface area contributed by atoms with Gasteiger partial charge < -0.3 is 15.4 Å². The van der Waals surface area contributed by atoms with Crippen molar-refractivity contribution in [3.63, 3.8) is 0 Å². The van der Waals surface area contributed by atoms with E-state index in [0.717, 1.165) is 16.9 Å². The van der Waals surface area contributed by atoms with Crippen LogP contribution in [0, 0.1) is 0 Å². The molecule has 3 aromatic carbocycles. The third-order valence-corrected chi connectivity index (χ3v) is 4.26. The number of carbonyl (C=O) groups is 1. The minimum absolute atomic E-state index is 0.134. The van der Waals surface area contributed by atoms with Crippen LogP contribution in [0.3, 0.4) is 0 Å². The number of ether oxygens (including phenoxy) is 1. The molecular formula is C21H18Cl2N2O2. The Morgan fingerprint density at radius 1 is 0.926 bits per heavy atom. The normalized spacial score (nSPS) is 10.3. The minimum atomic E-state index is -0.134. The molecule has 1 amide bonds. The largest absolute Gasteiger partial charge is 0.455 e. The molecule has 138 valence electrons. The van der Waals surface area contributed by atoms with Gasteiger partial charge in [-0.25, -0.2) is 0 Å². The summed E-state index contributed by atoms with van der Waals surface area (Å²) < 4.78 is 5.95. The second-order valence-corrected chi connectivity index (χ2v) is 6.76. The molecule has 6 heteroatoms. The molecule has 3 rings (SSSR count). The van der Waals surface area contributed by atoms with E-state index in [1.54, 1.807) is 24.3 Å². The molecule has 0 aromatic heterocycles. The first-order valence-corrected chi connectivity index (χ1v) is 9.09. The van der Waals surface area contributed by atoms with Crippen molar-refractivity contribution in [3.05, 3.63) is 82.3 Å². The van der Waals surface area contributed by atoms with Gasteiger partial charge in [0.05, 0.1) is 5.69 Å². The van der Waals surface area contributed by atoms with Crippen molar-refractivity contribution >= 4 is 40.5 Å². The van der Waals surface area contributed by atoms with Gasteiger partial charge in [0.1, 0.15) is 5.75 Å². The van der Waals surface area contributed by atoms with Crippen molar-refractivity contribution in [2.24, 2.45) is 0 Å². The topological polar surface area (TPSA) is 50.4 Å². The predicted molar refractivity (Wildman–Crippen MR) is 111 cm³/mol. The summed E-state index contributed by atoms with van der Waals surface area (Å²) in [5, 5.41) is 7.41. The predicted octanol–water partition coefficient (Wildman–Crippen LogP) is 6.36. The molecule has 3 aromatic rings. The maximum atomic E-state index is 11.4. The average Bonchev–Trinajstić information content (AvgIpc) is 2.64. The van der Waals surface area contributed by atoms with Gasteiger partial charge in [-0.3, -0.25) is 4.79 Å². The summed E-state index contributed by atoms with van der Waals surface area (Å²) in [6, 6.07) is 20.2. The molecule has 0 spiro atoms. The Hall–Kier alpha value is -2.69. The van der Waals surface area contributed by atoms with Crippen LogP contribution in [-0.2, 0) is 11.3 Å². The molecule has 4 nitrogen and oxygen atoms in total. The van der Waals surface area contributed by atoms with Crippen molar-refractivity contribution in [2.45, 2.75) is 13.5 Å². The zero-order chi connectivity index (χ0) is 19.2. The highest BCUT2D eigenvalue weighted by Gasteiger charge is 2.08. The highest BCUT2D eigenvalue weighted by Crippen LogP contribution is 2.31. The van der Waals surface area contributed by atoms with Crippen LogP contribution in [0.4, 0.5) is 11.4 Å². The molecule has 27 heavy (non-hydrogen) atoms. The van der Waals surface area contributed by atoms with Crippen LogP contribution in [0.15, 0.2) is 66.7 Å². The zero-order valence-corrected chi connectivity index (χ0v) is 16.1. The monoisotopic (exact) mass is 400 g/mol. The highest BCUT2D eigenvalue weighted by atomic mass is 35.5. The molecule has 0 fully saturated rings. The highest BCUT2D eigenvalue weighted by molar-refractivity contribution is 6.31. The zero-order valence-electron chi connectivity index (χ0n) is 14.6. The van der Waals surface area contributed by atoms with Crippen LogP contribution in [0.25, 0.3) is 0 Å². The summed E-state index contributed by atoms with van der Waals surface area (Å²) in [4.78, 5) is 11.4. The molecule has 0 unspecified atom stereocenters. The first-order chi connectivity index (χ1) is 13.0. The fourth-order valence-electron chi connectivity index (χ4n) is 2.54. The number of halogens is 2. The fraction of sp³-hybridized carbons (Fsp3) is 0.0952. The van der Waals surface area contributed by atoms with E-state index in [2.05, 4.69) is 10.6 Å². The maximum absolute atomic E-state index is 11.4. The van der Waals surface area contributed by atoms with Crippen LogP contribution >= 0.6 is 23.2 Å². The lowest BCUT2D eigenvalue weighted by Gasteiger charge is -2.15. The third kappa shape index (κ3) is 5.39. The number of hydrogen-bond acceptors (Lipinski definition) is 3. The second-order valence-electron chi connectivity index (χ2n) is 5.89. The van der Waals surface area contributed by atoms with Crippen LogP contribution in [-0.4, -0.2) is 5.91 Å². The standard InChI is InChI=1S/C21H18Cl2N2O2/c1-14(26)25-19-11-8-17(23)12-15(19)13-24-20-4-2-3-5-21(20)27-18-9-6-16(22)7-10-18/h2-12,24H,13H2,1H3,(H,25,26). The van der Waals surface area contributed by atoms with Crippen molar-refractivity contribution < 1.29 is 9.53 Å². The Labute approximate surface area is 168 Å². The lowest BCUT2D eigenvalue weighted by Crippen LogP contribution is -2.10. The van der Waals surface area contributed by atoms with Crippen LogP contribution in [0.2, 0.25) is 10.0 Å². The smallest absolute Gasteiger partial charge is 0.221 e. The van der Waals surface area contributed by atoms with E-state index in [0.29, 0.717) is 28.1 Å². The Bertz CT molecular complexity index is 943. The first-order valence-electron chi connectivity index (χ1n) is 8.33. The van der Waals surface area contributed by atoms with Gasteiger partial charge in [0.25, 0.3) is 0 Å². The van der Waals surface area contributed by atoms with E-state index in [1.165, 1.54) is 6.92 Å². The van der Waals surface area contributed by atoms with Gasteiger partial charge in [-0.2, -0.15) is 0 Å². The number of anilines is 2. The molecule has 2 N–H and O–H groups in total. The van der Waals surface area contributed by atoms with Gasteiger partial charge in [0.2, 0.25) is 5.91 Å². The summed E-state index contributed by atoms with van der Waals surface area (Å²) in [5.41, 5.74) is 2.41. The SMILES string of the molecule is CC(=O)Nc1ccc(Cl)cc1CNc1ccccc1Oc1ccc(Cl)cc1. The van der Waals surface area contributed by atoms with Crippen molar-refractivity contribution in [1.82, 2.24) is 0 Å². The lowest BCUT2D eigenvalue weighted by atomic mass is 10.1. The molecule has 0 saturated heterocycles. The van der Waals surface area contributed by atoms with E-state index in [9.17, 15) is 4.79 Å². The molecule has 0 radical (unpaired) electrons. The van der Waals surface area contributed by atoms with Crippen molar-refractivity contribution in [2.75, 3.05) is 10.6 Å². The molecule has 0 aliphatic rings. The number of para-hydroxylation sites is 2. The number of benzene rings is 3. The second kappa shape index (κ2) is 8.80. The van der Waals surface area contributed by atoms with E-state index >= 15 is 0 Å². The van der Waals surface area contributed by atoms with E-state index in [1.807, 2.05) is 42.5 Å². The van der Waals surface area contributed by atoms with Crippen molar-refractivity contribution in [3.8, 4) is 11.5 Å². The summed E-state index contributed by atoms with van der Waals surface area (Å²) in [7, 11) is 0. The van der Waals surface area contributed by atoms with Gasteiger partial charge in [0, 0.05) is 29.2 Å². The minimum Gasteiger partial charge on any atom is -0.455 e. The Morgan fingerprint density at radius 3 is 2.37 bits per heavy atom. The molecule has 0 aliphatic carbocycles. The summed E-state index contributed by atoms with van der Waals surface area (Å²) in [6.07, 6.45) is 0. The van der Waals surface area contributed by atoms with Crippen molar-refractivity contribution in [1.29, 1.82) is 0 Å². The molecule has 0 aliphatic heterocycles. The Morgan fingerprint density at radius 2 is 1.63 bits per heavy atom. The van der Waals surface area contributed by atoms with Gasteiger partial charge in [-0.1, -0.05) is 35.3 Å². The molecule has 0 saturated carbocycles. The van der Waals surface area contributed by atoms with E-state index < -0.39 is 0 Å². The molecule has 0 bridgehead atoms. The van der Waals surface area contributed by atoms with Crippen LogP contribution in [0.5, 0.6) is 11.5 Å². The number of carbonyl (C=O) groups excluding carboxylic acids is 1. The average molecular weight is 401 g/mol. The number of amides is 1. The van der Waals surface area contributed by atoms with E-state index in [4.69, 9.17) is 27.9 Å². The summed E-state index contributed by atoms with van der Waals surface area (Å²) in [6.45, 7) is 1.94. The van der Waals surface area contributed by atoms with Gasteiger partial charge in [0.15, 0.2) is 5.75 Å². The Balaban J connectivity index is 1.78. The Kier molecular flexibility index (Phi) is 6.22. The molecule has 0 heterocycles. The van der Waals surface area contributed by atoms with Gasteiger partial charge in [-0.15, -0.1) is 0 Å². The fourth-order valence-corrected chi connectivity index (χ4v) is 2.86. The van der Waals surface area contributed by atoms with Crippen LogP contribution in [0.1, 0.15) is 12.5 Å². The summed E-state index contributed by atoms with van der Waals surface area (Å²) in [5.74, 6) is 1.24. The first kappa shape index (κ1) is 19.1. The van der Waals surface area contributed by atoms with Gasteiger partial charge in [-0.05, 0) is 60.2 Å².